The van der Waals surface area contributed by atoms with Crippen molar-refractivity contribution in [3.8, 4) is 11.5 Å². The largest absolute Gasteiger partial charge is 0.508 e. The average molecular weight is 439 g/mol. The van der Waals surface area contributed by atoms with Gasteiger partial charge < -0.3 is 30.6 Å². The summed E-state index contributed by atoms with van der Waals surface area (Å²) in [6.45, 7) is 0.491. The number of aliphatic hydroxyl groups excluding tert-OH is 1. The van der Waals surface area contributed by atoms with Gasteiger partial charge in [0.25, 0.3) is 5.91 Å². The summed E-state index contributed by atoms with van der Waals surface area (Å²) in [7, 11) is 3.42. The van der Waals surface area contributed by atoms with E-state index in [1.165, 1.54) is 16.0 Å². The van der Waals surface area contributed by atoms with Crippen LogP contribution < -0.4 is 10.1 Å². The summed E-state index contributed by atoms with van der Waals surface area (Å²) in [6.07, 6.45) is 2.22. The molecule has 1 amide bonds. The predicted octanol–water partition coefficient (Wildman–Crippen LogP) is 1.64. The van der Waals surface area contributed by atoms with Gasteiger partial charge in [-0.25, -0.2) is 0 Å². The van der Waals surface area contributed by atoms with E-state index >= 15 is 0 Å². The number of fused-ring (bicyclic) bond motifs is 1. The van der Waals surface area contributed by atoms with Gasteiger partial charge in [0.15, 0.2) is 6.61 Å². The van der Waals surface area contributed by atoms with Gasteiger partial charge in [0, 0.05) is 26.7 Å². The van der Waals surface area contributed by atoms with E-state index in [0.717, 1.165) is 24.8 Å². The van der Waals surface area contributed by atoms with Crippen molar-refractivity contribution >= 4 is 18.3 Å². The quantitative estimate of drug-likeness (QED) is 0.608. The van der Waals surface area contributed by atoms with Crippen molar-refractivity contribution in [3.05, 3.63) is 59.2 Å². The van der Waals surface area contributed by atoms with E-state index in [0.29, 0.717) is 12.3 Å². The van der Waals surface area contributed by atoms with E-state index in [9.17, 15) is 15.0 Å². The Balaban J connectivity index is 0.00000225. The predicted molar refractivity (Wildman–Crippen MR) is 118 cm³/mol. The molecule has 0 saturated carbocycles. The molecule has 3 rings (SSSR count). The number of benzene rings is 2. The number of phenolic OH excluding ortho intramolecular Hbond substituents is 1. The van der Waals surface area contributed by atoms with Gasteiger partial charge in [-0.15, -0.1) is 12.4 Å². The van der Waals surface area contributed by atoms with Crippen LogP contribution in [0.15, 0.2) is 42.5 Å². The SMILES string of the molecule is CN(C)C(=O)COc1ccc2c(c1)C[C@@H](NC[C@@H](O)c1ccc(O)cc1)CC2.Cl.O. The van der Waals surface area contributed by atoms with Crippen LogP contribution in [0.2, 0.25) is 0 Å². The number of amides is 1. The minimum atomic E-state index is -0.617. The molecule has 0 bridgehead atoms. The summed E-state index contributed by atoms with van der Waals surface area (Å²) in [5.41, 5.74) is 3.31. The highest BCUT2D eigenvalue weighted by molar-refractivity contribution is 5.85. The molecule has 0 spiro atoms. The Morgan fingerprint density at radius 1 is 1.20 bits per heavy atom. The topological polar surface area (TPSA) is 114 Å². The molecule has 2 aromatic rings. The van der Waals surface area contributed by atoms with Crippen molar-refractivity contribution in [3.63, 3.8) is 0 Å². The van der Waals surface area contributed by atoms with Crippen molar-refractivity contribution < 1.29 is 25.2 Å². The Morgan fingerprint density at radius 2 is 1.90 bits per heavy atom. The number of nitrogens with zero attached hydrogens (tertiary/aromatic N) is 1. The van der Waals surface area contributed by atoms with Crippen LogP contribution in [0.4, 0.5) is 0 Å². The van der Waals surface area contributed by atoms with E-state index in [1.54, 1.807) is 38.4 Å². The van der Waals surface area contributed by atoms with E-state index in [2.05, 4.69) is 11.4 Å². The number of hydrogen-bond donors (Lipinski definition) is 3. The van der Waals surface area contributed by atoms with E-state index in [4.69, 9.17) is 4.74 Å². The molecule has 1 aliphatic rings. The molecule has 2 atom stereocenters. The van der Waals surface area contributed by atoms with Crippen molar-refractivity contribution in [2.45, 2.75) is 31.4 Å². The lowest BCUT2D eigenvalue weighted by molar-refractivity contribution is -0.130. The van der Waals surface area contributed by atoms with Gasteiger partial charge >= 0.3 is 0 Å². The second-order valence-corrected chi connectivity index (χ2v) is 7.46. The molecular weight excluding hydrogens is 408 g/mol. The van der Waals surface area contributed by atoms with E-state index in [1.807, 2.05) is 12.1 Å². The highest BCUT2D eigenvalue weighted by Crippen LogP contribution is 2.26. The van der Waals surface area contributed by atoms with Crippen LogP contribution in [0.1, 0.15) is 29.2 Å². The summed E-state index contributed by atoms with van der Waals surface area (Å²) in [4.78, 5) is 13.2. The van der Waals surface area contributed by atoms with Crippen LogP contribution in [0.3, 0.4) is 0 Å². The smallest absolute Gasteiger partial charge is 0.259 e. The fraction of sp³-hybridized carbons (Fsp3) is 0.409. The summed E-state index contributed by atoms with van der Waals surface area (Å²) < 4.78 is 5.62. The number of likely N-dealkylation sites (N-methyl/N-ethyl adjacent to an activating group) is 1. The Bertz CT molecular complexity index is 814. The lowest BCUT2D eigenvalue weighted by Gasteiger charge is -2.27. The summed E-state index contributed by atoms with van der Waals surface area (Å²) in [6, 6.07) is 12.9. The first-order valence-electron chi connectivity index (χ1n) is 9.57. The number of rotatable bonds is 7. The molecule has 0 heterocycles. The minimum absolute atomic E-state index is 0. The monoisotopic (exact) mass is 438 g/mol. The van der Waals surface area contributed by atoms with Crippen LogP contribution in [0.5, 0.6) is 11.5 Å². The number of phenols is 1. The fourth-order valence-corrected chi connectivity index (χ4v) is 3.36. The maximum atomic E-state index is 11.7. The number of carbonyl (C=O) groups excluding carboxylic acids is 1. The third-order valence-corrected chi connectivity index (χ3v) is 5.15. The molecule has 7 nitrogen and oxygen atoms in total. The maximum absolute atomic E-state index is 11.7. The minimum Gasteiger partial charge on any atom is -0.508 e. The molecule has 0 aromatic heterocycles. The van der Waals surface area contributed by atoms with Gasteiger partial charge in [-0.2, -0.15) is 0 Å². The van der Waals surface area contributed by atoms with Crippen LogP contribution in [-0.2, 0) is 17.6 Å². The van der Waals surface area contributed by atoms with Crippen molar-refractivity contribution in [2.75, 3.05) is 27.2 Å². The van der Waals surface area contributed by atoms with Crippen LogP contribution in [-0.4, -0.2) is 59.8 Å². The first kappa shape index (κ1) is 25.7. The molecule has 0 saturated heterocycles. The average Bonchev–Trinajstić information content (AvgIpc) is 2.70. The Morgan fingerprint density at radius 3 is 2.57 bits per heavy atom. The maximum Gasteiger partial charge on any atom is 0.259 e. The van der Waals surface area contributed by atoms with Gasteiger partial charge in [0.2, 0.25) is 0 Å². The third-order valence-electron chi connectivity index (χ3n) is 5.15. The third kappa shape index (κ3) is 6.88. The molecular formula is C22H31ClN2O5. The van der Waals surface area contributed by atoms with Gasteiger partial charge in [-0.3, -0.25) is 4.79 Å². The number of ether oxygens (including phenoxy) is 1. The molecule has 0 unspecified atom stereocenters. The number of carbonyl (C=O) groups is 1. The first-order valence-corrected chi connectivity index (χ1v) is 9.57. The number of aliphatic hydroxyl groups is 1. The van der Waals surface area contributed by atoms with Crippen molar-refractivity contribution in [1.29, 1.82) is 0 Å². The highest BCUT2D eigenvalue weighted by atomic mass is 35.5. The van der Waals surface area contributed by atoms with Crippen LogP contribution in [0.25, 0.3) is 0 Å². The van der Waals surface area contributed by atoms with Crippen LogP contribution >= 0.6 is 12.4 Å². The first-order chi connectivity index (χ1) is 13.4. The van der Waals surface area contributed by atoms with E-state index in [-0.39, 0.29) is 42.2 Å². The number of halogens is 1. The zero-order valence-corrected chi connectivity index (χ0v) is 18.1. The molecule has 0 aliphatic heterocycles. The number of aromatic hydroxyl groups is 1. The Labute approximate surface area is 183 Å². The summed E-state index contributed by atoms with van der Waals surface area (Å²) in [5, 5.41) is 23.1. The van der Waals surface area contributed by atoms with Gasteiger partial charge in [-0.05, 0) is 60.2 Å². The zero-order chi connectivity index (χ0) is 20.1. The van der Waals surface area contributed by atoms with Gasteiger partial charge in [0.1, 0.15) is 11.5 Å². The fourth-order valence-electron chi connectivity index (χ4n) is 3.36. The van der Waals surface area contributed by atoms with E-state index < -0.39 is 6.10 Å². The summed E-state index contributed by atoms with van der Waals surface area (Å²) in [5.74, 6) is 0.831. The zero-order valence-electron chi connectivity index (χ0n) is 17.3. The lowest BCUT2D eigenvalue weighted by atomic mass is 9.88. The van der Waals surface area contributed by atoms with Gasteiger partial charge in [0.05, 0.1) is 6.10 Å². The molecule has 5 N–H and O–H groups in total. The number of aryl methyl sites for hydroxylation is 1. The lowest BCUT2D eigenvalue weighted by Crippen LogP contribution is -2.37. The summed E-state index contributed by atoms with van der Waals surface area (Å²) >= 11 is 0. The van der Waals surface area contributed by atoms with Gasteiger partial charge in [-0.1, -0.05) is 18.2 Å². The number of hydrogen-bond acceptors (Lipinski definition) is 5. The molecule has 0 fully saturated rings. The molecule has 166 valence electrons. The normalized spacial score (nSPS) is 15.8. The standard InChI is InChI=1S/C22H28N2O4.ClH.H2O/c1-24(2)22(27)14-28-20-10-6-15-3-7-18(11-17(15)12-20)23-13-21(26)16-4-8-19(25)9-5-16;;/h4-6,8-10,12,18,21,23,25-26H,3,7,11,13-14H2,1-2H3;1H;1H2/t18-,21+;;/m0../s1. The molecule has 1 aliphatic carbocycles. The second kappa shape index (κ2) is 11.8. The number of nitrogens with one attached hydrogen (secondary N) is 1. The highest BCUT2D eigenvalue weighted by Gasteiger charge is 2.20. The van der Waals surface area contributed by atoms with Crippen LogP contribution in [0, 0.1) is 0 Å². The second-order valence-electron chi connectivity index (χ2n) is 7.46. The molecule has 0 radical (unpaired) electrons. The van der Waals surface area contributed by atoms with Crippen molar-refractivity contribution in [2.24, 2.45) is 0 Å². The molecule has 2 aromatic carbocycles. The molecule has 30 heavy (non-hydrogen) atoms. The Hall–Kier alpha value is -2.32. The van der Waals surface area contributed by atoms with Crippen molar-refractivity contribution in [1.82, 2.24) is 10.2 Å². The molecule has 8 heteroatoms. The Kier molecular flexibility index (Phi) is 10.1.